The number of halogens is 1. The topological polar surface area (TPSA) is 27.7 Å². The molecule has 0 bridgehead atoms. The van der Waals surface area contributed by atoms with Gasteiger partial charge in [0.25, 0.3) is 0 Å². The zero-order chi connectivity index (χ0) is 15.8. The van der Waals surface area contributed by atoms with Gasteiger partial charge in [0.05, 0.1) is 23.9 Å². The lowest BCUT2D eigenvalue weighted by Gasteiger charge is -2.32. The smallest absolute Gasteiger partial charge is 0.399 e. The molecular weight excluding hydrogens is 270 g/mol. The molecule has 116 valence electrons. The first-order chi connectivity index (χ1) is 9.62. The molecule has 1 aliphatic rings. The van der Waals surface area contributed by atoms with Crippen molar-refractivity contribution in [3.8, 4) is 0 Å². The summed E-state index contributed by atoms with van der Waals surface area (Å²) in [5.74, 6) is -0.298. The van der Waals surface area contributed by atoms with E-state index in [9.17, 15) is 4.39 Å². The summed E-state index contributed by atoms with van der Waals surface area (Å²) in [5.41, 5.74) is 0.707. The Morgan fingerprint density at radius 2 is 1.71 bits per heavy atom. The molecule has 2 rings (SSSR count). The predicted octanol–water partition coefficient (Wildman–Crippen LogP) is 3.05. The average molecular weight is 294 g/mol. The third-order valence-corrected chi connectivity index (χ3v) is 4.19. The van der Waals surface area contributed by atoms with Gasteiger partial charge in [0.2, 0.25) is 0 Å². The maximum Gasteiger partial charge on any atom is 0.495 e. The zero-order valence-corrected chi connectivity index (χ0v) is 13.7. The van der Waals surface area contributed by atoms with Crippen LogP contribution in [0.15, 0.2) is 18.2 Å². The molecule has 1 aromatic rings. The summed E-state index contributed by atoms with van der Waals surface area (Å²) in [7, 11) is -0.573. The molecule has 1 aromatic carbocycles. The van der Waals surface area contributed by atoms with Crippen molar-refractivity contribution in [2.24, 2.45) is 0 Å². The van der Waals surface area contributed by atoms with Crippen molar-refractivity contribution in [3.05, 3.63) is 29.6 Å². The van der Waals surface area contributed by atoms with Gasteiger partial charge in [-0.25, -0.2) is 4.39 Å². The number of rotatable bonds is 4. The molecule has 3 nitrogen and oxygen atoms in total. The molecule has 1 aliphatic heterocycles. The van der Waals surface area contributed by atoms with Crippen LogP contribution in [-0.4, -0.2) is 24.4 Å². The highest BCUT2D eigenvalue weighted by molar-refractivity contribution is 6.62. The third-order valence-electron chi connectivity index (χ3n) is 4.19. The Labute approximate surface area is 126 Å². The predicted molar refractivity (Wildman–Crippen MR) is 82.0 cm³/mol. The van der Waals surface area contributed by atoms with Gasteiger partial charge in [0, 0.05) is 0 Å². The fraction of sp³-hybridized carbons (Fsp3) is 0.625. The van der Waals surface area contributed by atoms with Gasteiger partial charge < -0.3 is 14.0 Å². The SMILES string of the molecule is CC(C)OCc1ccc(F)cc1B1OC(C)(C)C(C)(C)O1. The molecule has 0 spiro atoms. The highest BCUT2D eigenvalue weighted by Gasteiger charge is 2.52. The van der Waals surface area contributed by atoms with Gasteiger partial charge in [0.15, 0.2) is 0 Å². The average Bonchev–Trinajstić information content (AvgIpc) is 2.56. The monoisotopic (exact) mass is 294 g/mol. The molecule has 21 heavy (non-hydrogen) atoms. The summed E-state index contributed by atoms with van der Waals surface area (Å²) in [5, 5.41) is 0. The van der Waals surface area contributed by atoms with Crippen molar-refractivity contribution in [3.63, 3.8) is 0 Å². The highest BCUT2D eigenvalue weighted by atomic mass is 19.1. The van der Waals surface area contributed by atoms with Crippen molar-refractivity contribution >= 4 is 12.6 Å². The van der Waals surface area contributed by atoms with Gasteiger partial charge in [-0.1, -0.05) is 6.07 Å². The minimum atomic E-state index is -0.573. The number of benzene rings is 1. The normalized spacial score (nSPS) is 20.3. The van der Waals surface area contributed by atoms with Gasteiger partial charge in [0.1, 0.15) is 5.82 Å². The fourth-order valence-corrected chi connectivity index (χ4v) is 2.14. The first-order valence-electron chi connectivity index (χ1n) is 7.38. The van der Waals surface area contributed by atoms with E-state index in [4.69, 9.17) is 14.0 Å². The van der Waals surface area contributed by atoms with Crippen LogP contribution in [0.5, 0.6) is 0 Å². The molecule has 0 aliphatic carbocycles. The Balaban J connectivity index is 2.29. The van der Waals surface area contributed by atoms with Crippen LogP contribution < -0.4 is 5.46 Å². The summed E-state index contributed by atoms with van der Waals surface area (Å²) >= 11 is 0. The molecule has 0 aromatic heterocycles. The van der Waals surface area contributed by atoms with Crippen LogP contribution in [0.2, 0.25) is 0 Å². The molecular formula is C16H24BFO3. The summed E-state index contributed by atoms with van der Waals surface area (Å²) in [6, 6.07) is 4.65. The Hall–Kier alpha value is -0.905. The Morgan fingerprint density at radius 1 is 1.14 bits per heavy atom. The third kappa shape index (κ3) is 3.47. The Kier molecular flexibility index (Phi) is 4.48. The number of ether oxygens (including phenoxy) is 1. The lowest BCUT2D eigenvalue weighted by atomic mass is 9.76. The molecule has 0 unspecified atom stereocenters. The lowest BCUT2D eigenvalue weighted by Crippen LogP contribution is -2.41. The largest absolute Gasteiger partial charge is 0.495 e. The van der Waals surface area contributed by atoms with E-state index in [1.807, 2.05) is 41.5 Å². The zero-order valence-electron chi connectivity index (χ0n) is 13.7. The molecule has 0 atom stereocenters. The van der Waals surface area contributed by atoms with E-state index in [1.54, 1.807) is 6.07 Å². The first kappa shape index (κ1) is 16.5. The van der Waals surface area contributed by atoms with Gasteiger partial charge in [-0.15, -0.1) is 0 Å². The lowest BCUT2D eigenvalue weighted by molar-refractivity contribution is 0.00578. The molecule has 5 heteroatoms. The second-order valence-corrected chi connectivity index (χ2v) is 6.79. The highest BCUT2D eigenvalue weighted by Crippen LogP contribution is 2.36. The van der Waals surface area contributed by atoms with Crippen LogP contribution in [0.4, 0.5) is 4.39 Å². The fourth-order valence-electron chi connectivity index (χ4n) is 2.14. The molecule has 0 radical (unpaired) electrons. The summed E-state index contributed by atoms with van der Waals surface area (Å²) in [6.07, 6.45) is 0.112. The molecule has 1 fully saturated rings. The van der Waals surface area contributed by atoms with E-state index in [0.29, 0.717) is 12.1 Å². The van der Waals surface area contributed by atoms with Gasteiger partial charge in [-0.3, -0.25) is 0 Å². The number of hydrogen-bond donors (Lipinski definition) is 0. The maximum atomic E-state index is 13.6. The standard InChI is InChI=1S/C16H24BFO3/c1-11(2)19-10-12-7-8-13(18)9-14(12)17-20-15(3,4)16(5,6)21-17/h7-9,11H,10H2,1-6H3. The number of hydrogen-bond acceptors (Lipinski definition) is 3. The summed E-state index contributed by atoms with van der Waals surface area (Å²) in [4.78, 5) is 0. The van der Waals surface area contributed by atoms with Gasteiger partial charge in [-0.2, -0.15) is 0 Å². The van der Waals surface area contributed by atoms with E-state index in [2.05, 4.69) is 0 Å². The van der Waals surface area contributed by atoms with Crippen molar-refractivity contribution < 1.29 is 18.4 Å². The van der Waals surface area contributed by atoms with E-state index in [-0.39, 0.29) is 11.9 Å². The summed E-state index contributed by atoms with van der Waals surface area (Å²) in [6.45, 7) is 12.3. The molecule has 1 saturated heterocycles. The van der Waals surface area contributed by atoms with Crippen LogP contribution in [0.1, 0.15) is 47.1 Å². The van der Waals surface area contributed by atoms with Crippen molar-refractivity contribution in [2.75, 3.05) is 0 Å². The van der Waals surface area contributed by atoms with Crippen LogP contribution in [0.3, 0.4) is 0 Å². The minimum Gasteiger partial charge on any atom is -0.399 e. The van der Waals surface area contributed by atoms with E-state index in [0.717, 1.165) is 5.56 Å². The van der Waals surface area contributed by atoms with E-state index < -0.39 is 18.3 Å². The Morgan fingerprint density at radius 3 is 2.24 bits per heavy atom. The van der Waals surface area contributed by atoms with Gasteiger partial charge >= 0.3 is 7.12 Å². The van der Waals surface area contributed by atoms with Gasteiger partial charge in [-0.05, 0) is 64.7 Å². The maximum absolute atomic E-state index is 13.6. The van der Waals surface area contributed by atoms with Crippen molar-refractivity contribution in [1.82, 2.24) is 0 Å². The molecule has 0 amide bonds. The summed E-state index contributed by atoms with van der Waals surface area (Å²) < 4.78 is 31.3. The quantitative estimate of drug-likeness (QED) is 0.799. The minimum absolute atomic E-state index is 0.112. The molecule has 0 saturated carbocycles. The van der Waals surface area contributed by atoms with Crippen molar-refractivity contribution in [2.45, 2.75) is 65.5 Å². The van der Waals surface area contributed by atoms with E-state index in [1.165, 1.54) is 12.1 Å². The second kappa shape index (κ2) is 5.71. The molecule has 1 heterocycles. The van der Waals surface area contributed by atoms with Crippen molar-refractivity contribution in [1.29, 1.82) is 0 Å². The van der Waals surface area contributed by atoms with Crippen LogP contribution in [0.25, 0.3) is 0 Å². The molecule has 0 N–H and O–H groups in total. The Bertz CT molecular complexity index is 498. The van der Waals surface area contributed by atoms with Crippen LogP contribution in [-0.2, 0) is 20.7 Å². The van der Waals surface area contributed by atoms with Crippen LogP contribution >= 0.6 is 0 Å². The van der Waals surface area contributed by atoms with Crippen LogP contribution in [0, 0.1) is 5.82 Å². The van der Waals surface area contributed by atoms with E-state index >= 15 is 0 Å². The second-order valence-electron chi connectivity index (χ2n) is 6.79. The first-order valence-corrected chi connectivity index (χ1v) is 7.38.